The van der Waals surface area contributed by atoms with Crippen molar-refractivity contribution < 1.29 is 23.1 Å². The number of anilines is 1. The minimum atomic E-state index is -2.89. The molecule has 0 saturated carbocycles. The molecule has 1 aromatic carbocycles. The second kappa shape index (κ2) is 7.65. The van der Waals surface area contributed by atoms with Crippen LogP contribution in [0.5, 0.6) is 5.75 Å². The third-order valence-electron chi connectivity index (χ3n) is 2.74. The van der Waals surface area contributed by atoms with Gasteiger partial charge in [0.2, 0.25) is 5.91 Å². The number of Topliss-reactive ketones (excluding diaryl/α,β-unsaturated/α-hetero) is 1. The molecule has 0 saturated heterocycles. The molecule has 0 bridgehead atoms. The van der Waals surface area contributed by atoms with Crippen LogP contribution >= 0.6 is 11.3 Å². The molecule has 1 amide bonds. The van der Waals surface area contributed by atoms with E-state index in [1.165, 1.54) is 35.6 Å². The van der Waals surface area contributed by atoms with Crippen LogP contribution in [0.15, 0.2) is 41.8 Å². The minimum Gasteiger partial charge on any atom is -0.435 e. The minimum absolute atomic E-state index is 0.0147. The summed E-state index contributed by atoms with van der Waals surface area (Å²) in [7, 11) is 0. The number of halogens is 2. The van der Waals surface area contributed by atoms with Crippen molar-refractivity contribution in [2.24, 2.45) is 0 Å². The Hall–Kier alpha value is -2.28. The first-order valence-corrected chi connectivity index (χ1v) is 7.34. The second-order valence-corrected chi connectivity index (χ2v) is 5.30. The molecule has 1 N–H and O–H groups in total. The van der Waals surface area contributed by atoms with Gasteiger partial charge in [-0.15, -0.1) is 11.3 Å². The number of hydrogen-bond acceptors (Lipinski definition) is 4. The maximum absolute atomic E-state index is 12.0. The molecule has 1 aromatic heterocycles. The number of benzene rings is 1. The summed E-state index contributed by atoms with van der Waals surface area (Å²) in [6.07, 6.45) is 0.185. The second-order valence-electron chi connectivity index (χ2n) is 4.35. The van der Waals surface area contributed by atoms with Crippen LogP contribution in [0.3, 0.4) is 0 Å². The van der Waals surface area contributed by atoms with Gasteiger partial charge in [-0.05, 0) is 35.7 Å². The van der Waals surface area contributed by atoms with Crippen molar-refractivity contribution in [3.05, 3.63) is 46.7 Å². The van der Waals surface area contributed by atoms with Crippen molar-refractivity contribution in [2.45, 2.75) is 19.5 Å². The number of alkyl halides is 2. The molecule has 7 heteroatoms. The van der Waals surface area contributed by atoms with Gasteiger partial charge in [0.1, 0.15) is 5.75 Å². The van der Waals surface area contributed by atoms with Gasteiger partial charge in [-0.2, -0.15) is 8.78 Å². The lowest BCUT2D eigenvalue weighted by molar-refractivity contribution is -0.116. The standard InChI is InChI=1S/C15H13F2NO3S/c16-15(17)21-11-5-3-10(4-6-11)18-14(20)8-7-12(19)13-2-1-9-22-13/h1-6,9,15H,7-8H2,(H,18,20). The lowest BCUT2D eigenvalue weighted by atomic mass is 10.2. The van der Waals surface area contributed by atoms with E-state index in [4.69, 9.17) is 0 Å². The molecule has 0 unspecified atom stereocenters. The molecule has 0 aliphatic carbocycles. The molecule has 1 heterocycles. The quantitative estimate of drug-likeness (QED) is 0.784. The number of carbonyl (C=O) groups excluding carboxylic acids is 2. The summed E-state index contributed by atoms with van der Waals surface area (Å²) in [4.78, 5) is 24.1. The van der Waals surface area contributed by atoms with E-state index in [9.17, 15) is 18.4 Å². The predicted molar refractivity (Wildman–Crippen MR) is 79.6 cm³/mol. The molecular weight excluding hydrogens is 312 g/mol. The van der Waals surface area contributed by atoms with Crippen LogP contribution in [-0.4, -0.2) is 18.3 Å². The smallest absolute Gasteiger partial charge is 0.387 e. The highest BCUT2D eigenvalue weighted by atomic mass is 32.1. The van der Waals surface area contributed by atoms with Crippen molar-refractivity contribution in [3.8, 4) is 5.75 Å². The summed E-state index contributed by atoms with van der Waals surface area (Å²) in [5, 5.41) is 4.39. The summed E-state index contributed by atoms with van der Waals surface area (Å²) in [5.41, 5.74) is 0.454. The third kappa shape index (κ3) is 4.92. The van der Waals surface area contributed by atoms with Crippen molar-refractivity contribution in [2.75, 3.05) is 5.32 Å². The first kappa shape index (κ1) is 16.1. The van der Waals surface area contributed by atoms with E-state index < -0.39 is 6.61 Å². The van der Waals surface area contributed by atoms with Gasteiger partial charge in [0.25, 0.3) is 0 Å². The summed E-state index contributed by atoms with van der Waals surface area (Å²) in [6, 6.07) is 9.07. The van der Waals surface area contributed by atoms with Crippen LogP contribution in [-0.2, 0) is 4.79 Å². The van der Waals surface area contributed by atoms with E-state index >= 15 is 0 Å². The number of carbonyl (C=O) groups is 2. The van der Waals surface area contributed by atoms with Crippen LogP contribution in [0.1, 0.15) is 22.5 Å². The molecule has 0 radical (unpaired) electrons. The highest BCUT2D eigenvalue weighted by molar-refractivity contribution is 7.12. The van der Waals surface area contributed by atoms with Crippen molar-refractivity contribution in [1.29, 1.82) is 0 Å². The molecule has 2 aromatic rings. The molecule has 4 nitrogen and oxygen atoms in total. The summed E-state index contributed by atoms with van der Waals surface area (Å²) in [6.45, 7) is -2.89. The largest absolute Gasteiger partial charge is 0.435 e. The fourth-order valence-corrected chi connectivity index (χ4v) is 2.43. The zero-order valence-electron chi connectivity index (χ0n) is 11.4. The average Bonchev–Trinajstić information content (AvgIpc) is 3.00. The molecule has 2 rings (SSSR count). The number of rotatable bonds is 7. The third-order valence-corrected chi connectivity index (χ3v) is 3.65. The van der Waals surface area contributed by atoms with E-state index in [0.717, 1.165) is 0 Å². The normalized spacial score (nSPS) is 10.5. The molecule has 0 spiro atoms. The number of ether oxygens (including phenoxy) is 1. The average molecular weight is 325 g/mol. The maximum atomic E-state index is 12.0. The topological polar surface area (TPSA) is 55.4 Å². The number of nitrogens with one attached hydrogen (secondary N) is 1. The van der Waals surface area contributed by atoms with Crippen LogP contribution in [0.2, 0.25) is 0 Å². The van der Waals surface area contributed by atoms with E-state index in [-0.39, 0.29) is 30.3 Å². The summed E-state index contributed by atoms with van der Waals surface area (Å²) >= 11 is 1.34. The molecule has 0 aliphatic rings. The van der Waals surface area contributed by atoms with Crippen LogP contribution < -0.4 is 10.1 Å². The SMILES string of the molecule is O=C(CCC(=O)c1cccs1)Nc1ccc(OC(F)F)cc1. The van der Waals surface area contributed by atoms with Crippen LogP contribution in [0.4, 0.5) is 14.5 Å². The molecule has 0 atom stereocenters. The number of amides is 1. The Balaban J connectivity index is 1.80. The maximum Gasteiger partial charge on any atom is 0.387 e. The summed E-state index contributed by atoms with van der Waals surface area (Å²) in [5.74, 6) is -0.376. The van der Waals surface area contributed by atoms with E-state index in [0.29, 0.717) is 10.6 Å². The Morgan fingerprint density at radius 1 is 1.14 bits per heavy atom. The van der Waals surface area contributed by atoms with Crippen molar-refractivity contribution in [3.63, 3.8) is 0 Å². The lowest BCUT2D eigenvalue weighted by Gasteiger charge is -2.07. The zero-order chi connectivity index (χ0) is 15.9. The monoisotopic (exact) mass is 325 g/mol. The van der Waals surface area contributed by atoms with Crippen molar-refractivity contribution in [1.82, 2.24) is 0 Å². The van der Waals surface area contributed by atoms with Crippen LogP contribution in [0, 0.1) is 0 Å². The lowest BCUT2D eigenvalue weighted by Crippen LogP contribution is -2.13. The Morgan fingerprint density at radius 3 is 2.45 bits per heavy atom. The number of ketones is 1. The van der Waals surface area contributed by atoms with Gasteiger partial charge in [0, 0.05) is 18.5 Å². The Kier molecular flexibility index (Phi) is 5.60. The molecule has 0 aliphatic heterocycles. The Bertz CT molecular complexity index is 627. The first-order chi connectivity index (χ1) is 10.5. The van der Waals surface area contributed by atoms with E-state index in [1.807, 2.05) is 0 Å². The fraction of sp³-hybridized carbons (Fsp3) is 0.200. The van der Waals surface area contributed by atoms with Gasteiger partial charge in [0.15, 0.2) is 5.78 Å². The predicted octanol–water partition coefficient (Wildman–Crippen LogP) is 3.95. The highest BCUT2D eigenvalue weighted by Gasteiger charge is 2.10. The Labute approximate surface area is 129 Å². The molecule has 116 valence electrons. The number of thiophene rings is 1. The fourth-order valence-electron chi connectivity index (χ4n) is 1.73. The van der Waals surface area contributed by atoms with Gasteiger partial charge >= 0.3 is 6.61 Å². The van der Waals surface area contributed by atoms with Gasteiger partial charge < -0.3 is 10.1 Å². The number of hydrogen-bond donors (Lipinski definition) is 1. The zero-order valence-corrected chi connectivity index (χ0v) is 12.2. The van der Waals surface area contributed by atoms with E-state index in [1.54, 1.807) is 17.5 Å². The molecular formula is C15H13F2NO3S. The van der Waals surface area contributed by atoms with Gasteiger partial charge in [0.05, 0.1) is 4.88 Å². The molecule has 0 fully saturated rings. The Morgan fingerprint density at radius 2 is 1.86 bits per heavy atom. The summed E-state index contributed by atoms with van der Waals surface area (Å²) < 4.78 is 28.2. The van der Waals surface area contributed by atoms with Crippen LogP contribution in [0.25, 0.3) is 0 Å². The molecule has 22 heavy (non-hydrogen) atoms. The van der Waals surface area contributed by atoms with Crippen molar-refractivity contribution >= 4 is 28.7 Å². The van der Waals surface area contributed by atoms with Gasteiger partial charge in [-0.25, -0.2) is 0 Å². The first-order valence-electron chi connectivity index (χ1n) is 6.46. The van der Waals surface area contributed by atoms with Gasteiger partial charge in [-0.3, -0.25) is 9.59 Å². The van der Waals surface area contributed by atoms with E-state index in [2.05, 4.69) is 10.1 Å². The highest BCUT2D eigenvalue weighted by Crippen LogP contribution is 2.18. The van der Waals surface area contributed by atoms with Gasteiger partial charge in [-0.1, -0.05) is 6.07 Å².